The van der Waals surface area contributed by atoms with Gasteiger partial charge in [-0.2, -0.15) is 0 Å². The van der Waals surface area contributed by atoms with Crippen LogP contribution in [-0.4, -0.2) is 22.5 Å². The lowest BCUT2D eigenvalue weighted by Crippen LogP contribution is -2.21. The molecular weight excluding hydrogens is 481 g/mol. The van der Waals surface area contributed by atoms with Crippen LogP contribution in [0.5, 0.6) is 0 Å². The molecule has 3 N–H and O–H groups in total. The van der Waals surface area contributed by atoms with Crippen LogP contribution in [0.1, 0.15) is 42.3 Å². The second-order valence-electron chi connectivity index (χ2n) is 10.2. The number of aryl methyl sites for hydroxylation is 1. The quantitative estimate of drug-likeness (QED) is 0.299. The molecule has 0 saturated heterocycles. The van der Waals surface area contributed by atoms with Gasteiger partial charge >= 0.3 is 0 Å². The fraction of sp³-hybridized carbons (Fsp3) is 0.233. The van der Waals surface area contributed by atoms with Crippen LogP contribution in [0, 0.1) is 5.82 Å². The number of nitrogens with zero attached hydrogens (tertiary/aromatic N) is 2. The maximum Gasteiger partial charge on any atom is 0.293 e. The average Bonchev–Trinajstić information content (AvgIpc) is 2.88. The molecule has 4 aromatic rings. The van der Waals surface area contributed by atoms with Gasteiger partial charge in [-0.15, -0.1) is 0 Å². The van der Waals surface area contributed by atoms with E-state index >= 15 is 4.39 Å². The molecule has 0 radical (unpaired) electrons. The van der Waals surface area contributed by atoms with Gasteiger partial charge in [-0.3, -0.25) is 9.59 Å². The van der Waals surface area contributed by atoms with E-state index in [0.29, 0.717) is 11.3 Å². The SMILES string of the molecule is CNCc1ccc(Nc2nc(-c3cccc(NC(=O)c4ccc(C(C)(C)C)cc4)c3F)cn(C)c2=O)cc1. The number of carbonyl (C=O) groups is 1. The number of hydrogen-bond donors (Lipinski definition) is 3. The Morgan fingerprint density at radius 2 is 1.68 bits per heavy atom. The van der Waals surface area contributed by atoms with Gasteiger partial charge in [0.2, 0.25) is 0 Å². The number of hydrogen-bond acceptors (Lipinski definition) is 5. The largest absolute Gasteiger partial charge is 0.336 e. The summed E-state index contributed by atoms with van der Waals surface area (Å²) in [7, 11) is 3.45. The number of nitrogens with one attached hydrogen (secondary N) is 3. The molecule has 0 aliphatic rings. The number of halogens is 1. The monoisotopic (exact) mass is 513 g/mol. The van der Waals surface area contributed by atoms with Crippen LogP contribution in [-0.2, 0) is 19.0 Å². The van der Waals surface area contributed by atoms with Gasteiger partial charge in [0.05, 0.1) is 11.4 Å². The molecule has 0 aliphatic heterocycles. The van der Waals surface area contributed by atoms with Crippen LogP contribution in [0.2, 0.25) is 0 Å². The third-order valence-corrected chi connectivity index (χ3v) is 6.20. The molecule has 0 fully saturated rings. The first kappa shape index (κ1) is 26.8. The molecule has 0 saturated carbocycles. The highest BCUT2D eigenvalue weighted by Crippen LogP contribution is 2.28. The van der Waals surface area contributed by atoms with E-state index < -0.39 is 11.7 Å². The maximum absolute atomic E-state index is 15.6. The number of aromatic nitrogens is 2. The summed E-state index contributed by atoms with van der Waals surface area (Å²) >= 11 is 0. The van der Waals surface area contributed by atoms with Crippen molar-refractivity contribution >= 4 is 23.1 Å². The molecule has 3 aromatic carbocycles. The summed E-state index contributed by atoms with van der Waals surface area (Å²) in [6.07, 6.45) is 1.47. The summed E-state index contributed by atoms with van der Waals surface area (Å²) in [5.74, 6) is -0.987. The van der Waals surface area contributed by atoms with Crippen molar-refractivity contribution in [3.8, 4) is 11.3 Å². The lowest BCUT2D eigenvalue weighted by Gasteiger charge is -2.19. The summed E-state index contributed by atoms with van der Waals surface area (Å²) in [6, 6.07) is 19.5. The van der Waals surface area contributed by atoms with Gasteiger partial charge in [0.25, 0.3) is 11.5 Å². The van der Waals surface area contributed by atoms with Gasteiger partial charge in [0.1, 0.15) is 0 Å². The van der Waals surface area contributed by atoms with Crippen LogP contribution in [0.4, 0.5) is 21.6 Å². The molecule has 1 heterocycles. The van der Waals surface area contributed by atoms with Crippen molar-refractivity contribution in [1.82, 2.24) is 14.9 Å². The van der Waals surface area contributed by atoms with E-state index in [1.165, 1.54) is 16.8 Å². The molecule has 196 valence electrons. The predicted molar refractivity (Wildman–Crippen MR) is 150 cm³/mol. The number of carbonyl (C=O) groups excluding carboxylic acids is 1. The molecule has 0 atom stereocenters. The first-order valence-electron chi connectivity index (χ1n) is 12.4. The van der Waals surface area contributed by atoms with Crippen LogP contribution >= 0.6 is 0 Å². The van der Waals surface area contributed by atoms with Crippen molar-refractivity contribution in [1.29, 1.82) is 0 Å². The summed E-state index contributed by atoms with van der Waals surface area (Å²) < 4.78 is 16.9. The first-order valence-corrected chi connectivity index (χ1v) is 12.4. The lowest BCUT2D eigenvalue weighted by molar-refractivity contribution is 0.102. The minimum Gasteiger partial charge on any atom is -0.336 e. The Hall–Kier alpha value is -4.30. The highest BCUT2D eigenvalue weighted by Gasteiger charge is 2.18. The van der Waals surface area contributed by atoms with E-state index in [1.54, 1.807) is 31.3 Å². The van der Waals surface area contributed by atoms with Gasteiger partial charge in [-0.25, -0.2) is 9.37 Å². The Labute approximate surface area is 221 Å². The third-order valence-electron chi connectivity index (χ3n) is 6.20. The highest BCUT2D eigenvalue weighted by atomic mass is 19.1. The zero-order valence-electron chi connectivity index (χ0n) is 22.2. The van der Waals surface area contributed by atoms with E-state index in [1.807, 2.05) is 43.4 Å². The molecule has 7 nitrogen and oxygen atoms in total. The van der Waals surface area contributed by atoms with Gasteiger partial charge < -0.3 is 20.5 Å². The summed E-state index contributed by atoms with van der Waals surface area (Å²) in [4.78, 5) is 30.0. The Morgan fingerprint density at radius 3 is 2.32 bits per heavy atom. The van der Waals surface area contributed by atoms with E-state index in [2.05, 4.69) is 41.7 Å². The molecule has 4 rings (SSSR count). The van der Waals surface area contributed by atoms with Crippen LogP contribution in [0.3, 0.4) is 0 Å². The van der Waals surface area contributed by atoms with Crippen LogP contribution in [0.15, 0.2) is 77.7 Å². The average molecular weight is 514 g/mol. The molecule has 0 unspecified atom stereocenters. The van der Waals surface area contributed by atoms with Crippen molar-refractivity contribution in [3.63, 3.8) is 0 Å². The highest BCUT2D eigenvalue weighted by molar-refractivity contribution is 6.04. The Kier molecular flexibility index (Phi) is 7.73. The second-order valence-corrected chi connectivity index (χ2v) is 10.2. The van der Waals surface area contributed by atoms with E-state index in [-0.39, 0.29) is 33.7 Å². The van der Waals surface area contributed by atoms with Crippen molar-refractivity contribution in [2.75, 3.05) is 17.7 Å². The third kappa shape index (κ3) is 5.98. The smallest absolute Gasteiger partial charge is 0.293 e. The fourth-order valence-corrected chi connectivity index (χ4v) is 4.01. The number of benzene rings is 3. The van der Waals surface area contributed by atoms with Crippen LogP contribution in [0.25, 0.3) is 11.3 Å². The van der Waals surface area contributed by atoms with Crippen molar-refractivity contribution in [2.24, 2.45) is 7.05 Å². The predicted octanol–water partition coefficient (Wildman–Crippen LogP) is 5.60. The van der Waals surface area contributed by atoms with E-state index in [0.717, 1.165) is 17.7 Å². The van der Waals surface area contributed by atoms with Gasteiger partial charge in [-0.05, 0) is 60.0 Å². The maximum atomic E-state index is 15.6. The van der Waals surface area contributed by atoms with Gasteiger partial charge in [0, 0.05) is 36.6 Å². The lowest BCUT2D eigenvalue weighted by atomic mass is 9.87. The standard InChI is InChI=1S/C30H32FN5O2/c1-30(2,3)21-13-11-20(12-14-21)28(37)35-24-8-6-7-23(26(24)31)25-18-36(5)29(38)27(34-25)33-22-15-9-19(10-16-22)17-32-4/h6-16,18,32H,17H2,1-5H3,(H,33,34)(H,35,37). The zero-order valence-corrected chi connectivity index (χ0v) is 22.2. The number of amides is 1. The zero-order chi connectivity index (χ0) is 27.4. The molecular formula is C30H32FN5O2. The summed E-state index contributed by atoms with van der Waals surface area (Å²) in [5.41, 5.74) is 3.36. The molecule has 1 aromatic heterocycles. The van der Waals surface area contributed by atoms with Crippen molar-refractivity contribution < 1.29 is 9.18 Å². The van der Waals surface area contributed by atoms with Crippen molar-refractivity contribution in [2.45, 2.75) is 32.7 Å². The number of anilines is 3. The normalized spacial score (nSPS) is 11.3. The Bertz CT molecular complexity index is 1500. The second kappa shape index (κ2) is 11.0. The molecule has 0 bridgehead atoms. The fourth-order valence-electron chi connectivity index (χ4n) is 4.01. The van der Waals surface area contributed by atoms with Gasteiger partial charge in [-0.1, -0.05) is 51.1 Å². The Morgan fingerprint density at radius 1 is 1.00 bits per heavy atom. The first-order chi connectivity index (χ1) is 18.1. The van der Waals surface area contributed by atoms with E-state index in [4.69, 9.17) is 0 Å². The molecule has 38 heavy (non-hydrogen) atoms. The van der Waals surface area contributed by atoms with Crippen molar-refractivity contribution in [3.05, 3.63) is 106 Å². The Balaban J connectivity index is 1.60. The topological polar surface area (TPSA) is 88.1 Å². The van der Waals surface area contributed by atoms with Gasteiger partial charge in [0.15, 0.2) is 11.6 Å². The molecule has 1 amide bonds. The summed E-state index contributed by atoms with van der Waals surface area (Å²) in [6.45, 7) is 7.01. The summed E-state index contributed by atoms with van der Waals surface area (Å²) in [5, 5.41) is 8.78. The minimum atomic E-state index is -0.638. The van der Waals surface area contributed by atoms with Crippen LogP contribution < -0.4 is 21.5 Å². The van der Waals surface area contributed by atoms with E-state index in [9.17, 15) is 9.59 Å². The molecule has 8 heteroatoms. The number of rotatable bonds is 7. The minimum absolute atomic E-state index is 0.0256. The molecule has 0 aliphatic carbocycles. The molecule has 0 spiro atoms.